The predicted octanol–water partition coefficient (Wildman–Crippen LogP) is 2.85. The molecule has 3 rings (SSSR count). The largest absolute Gasteiger partial charge is 0.418 e. The summed E-state index contributed by atoms with van der Waals surface area (Å²) >= 11 is 0. The van der Waals surface area contributed by atoms with Gasteiger partial charge in [-0.3, -0.25) is 0 Å². The lowest BCUT2D eigenvalue weighted by Gasteiger charge is -2.34. The van der Waals surface area contributed by atoms with E-state index in [9.17, 15) is 26.4 Å². The zero-order valence-corrected chi connectivity index (χ0v) is 16.5. The first-order chi connectivity index (χ1) is 13.5. The SMILES string of the molecule is Cc1noc(C)c1S(=O)(=O)N1CCN(C(=O)Nc2ccccc2C(F)(F)F)CC1. The second-order valence-corrected chi connectivity index (χ2v) is 8.39. The first-order valence-corrected chi connectivity index (χ1v) is 10.1. The number of aryl methyl sites for hydroxylation is 2. The Hall–Kier alpha value is -2.60. The van der Waals surface area contributed by atoms with Crippen molar-refractivity contribution in [3.8, 4) is 0 Å². The number of carbonyl (C=O) groups excluding carboxylic acids is 1. The van der Waals surface area contributed by atoms with Gasteiger partial charge in [0.15, 0.2) is 5.76 Å². The van der Waals surface area contributed by atoms with Crippen LogP contribution in [0, 0.1) is 13.8 Å². The van der Waals surface area contributed by atoms with E-state index in [0.717, 1.165) is 6.07 Å². The van der Waals surface area contributed by atoms with Crippen LogP contribution in [0.2, 0.25) is 0 Å². The summed E-state index contributed by atoms with van der Waals surface area (Å²) in [6, 6.07) is 3.94. The number of sulfonamides is 1. The summed E-state index contributed by atoms with van der Waals surface area (Å²) in [6.07, 6.45) is -4.61. The maximum atomic E-state index is 13.1. The van der Waals surface area contributed by atoms with Gasteiger partial charge in [-0.25, -0.2) is 13.2 Å². The fourth-order valence-corrected chi connectivity index (χ4v) is 4.85. The summed E-state index contributed by atoms with van der Waals surface area (Å²) in [4.78, 5) is 13.7. The van der Waals surface area contributed by atoms with Crippen LogP contribution in [0.3, 0.4) is 0 Å². The maximum Gasteiger partial charge on any atom is 0.418 e. The summed E-state index contributed by atoms with van der Waals surface area (Å²) in [6.45, 7) is 3.08. The van der Waals surface area contributed by atoms with Gasteiger partial charge >= 0.3 is 12.2 Å². The van der Waals surface area contributed by atoms with Gasteiger partial charge in [0.05, 0.1) is 11.3 Å². The number of carbonyl (C=O) groups is 1. The van der Waals surface area contributed by atoms with E-state index in [-0.39, 0.29) is 48.2 Å². The van der Waals surface area contributed by atoms with E-state index in [0.29, 0.717) is 0 Å². The Morgan fingerprint density at radius 3 is 2.31 bits per heavy atom. The Kier molecular flexibility index (Phi) is 5.59. The van der Waals surface area contributed by atoms with E-state index in [1.54, 1.807) is 0 Å². The van der Waals surface area contributed by atoms with E-state index in [1.807, 2.05) is 0 Å². The van der Waals surface area contributed by atoms with E-state index in [2.05, 4.69) is 10.5 Å². The first-order valence-electron chi connectivity index (χ1n) is 8.67. The number of benzene rings is 1. The lowest BCUT2D eigenvalue weighted by Crippen LogP contribution is -2.51. The highest BCUT2D eigenvalue weighted by atomic mass is 32.2. The fourth-order valence-electron chi connectivity index (χ4n) is 3.14. The van der Waals surface area contributed by atoms with Crippen molar-refractivity contribution in [2.24, 2.45) is 0 Å². The van der Waals surface area contributed by atoms with Gasteiger partial charge in [0.1, 0.15) is 10.6 Å². The molecule has 0 radical (unpaired) electrons. The Morgan fingerprint density at radius 2 is 1.76 bits per heavy atom. The number of alkyl halides is 3. The predicted molar refractivity (Wildman–Crippen MR) is 96.8 cm³/mol. The van der Waals surface area contributed by atoms with E-state index >= 15 is 0 Å². The van der Waals surface area contributed by atoms with Crippen LogP contribution in [-0.2, 0) is 16.2 Å². The second kappa shape index (κ2) is 7.67. The van der Waals surface area contributed by atoms with Crippen LogP contribution >= 0.6 is 0 Å². The number of rotatable bonds is 3. The molecule has 2 aromatic rings. The molecule has 12 heteroatoms. The average Bonchev–Trinajstić information content (AvgIpc) is 3.00. The molecule has 0 spiro atoms. The van der Waals surface area contributed by atoms with Crippen molar-refractivity contribution >= 4 is 21.7 Å². The molecule has 29 heavy (non-hydrogen) atoms. The number of hydrogen-bond donors (Lipinski definition) is 1. The van der Waals surface area contributed by atoms with Gasteiger partial charge in [-0.05, 0) is 26.0 Å². The minimum absolute atomic E-state index is 0.000725. The Labute approximate surface area is 165 Å². The van der Waals surface area contributed by atoms with Crippen molar-refractivity contribution in [2.75, 3.05) is 31.5 Å². The van der Waals surface area contributed by atoms with Gasteiger partial charge in [0, 0.05) is 26.2 Å². The molecule has 1 aromatic carbocycles. The molecule has 1 aromatic heterocycles. The molecule has 0 unspecified atom stereocenters. The topological polar surface area (TPSA) is 95.8 Å². The number of para-hydroxylation sites is 1. The molecule has 1 aliphatic heterocycles. The summed E-state index contributed by atoms with van der Waals surface area (Å²) in [5, 5.41) is 5.91. The number of urea groups is 1. The molecule has 2 heterocycles. The Morgan fingerprint density at radius 1 is 1.14 bits per heavy atom. The number of aromatic nitrogens is 1. The van der Waals surface area contributed by atoms with Gasteiger partial charge in [-0.1, -0.05) is 17.3 Å². The number of anilines is 1. The van der Waals surface area contributed by atoms with Crippen molar-refractivity contribution in [1.29, 1.82) is 0 Å². The zero-order chi connectivity index (χ0) is 21.4. The number of piperazine rings is 1. The average molecular weight is 432 g/mol. The van der Waals surface area contributed by atoms with Crippen molar-refractivity contribution in [2.45, 2.75) is 24.9 Å². The normalized spacial score (nSPS) is 16.1. The van der Waals surface area contributed by atoms with Crippen LogP contribution in [0.4, 0.5) is 23.7 Å². The van der Waals surface area contributed by atoms with Crippen molar-refractivity contribution in [3.63, 3.8) is 0 Å². The van der Waals surface area contributed by atoms with Crippen molar-refractivity contribution in [1.82, 2.24) is 14.4 Å². The Balaban J connectivity index is 1.68. The van der Waals surface area contributed by atoms with Crippen LogP contribution in [-0.4, -0.2) is 55.0 Å². The number of hydrogen-bond acceptors (Lipinski definition) is 5. The minimum Gasteiger partial charge on any atom is -0.360 e. The quantitative estimate of drug-likeness (QED) is 0.805. The molecular weight excluding hydrogens is 413 g/mol. The lowest BCUT2D eigenvalue weighted by molar-refractivity contribution is -0.136. The molecule has 0 saturated carbocycles. The van der Waals surface area contributed by atoms with Crippen LogP contribution in [0.1, 0.15) is 17.0 Å². The van der Waals surface area contributed by atoms with Crippen molar-refractivity contribution in [3.05, 3.63) is 41.3 Å². The molecule has 0 bridgehead atoms. The van der Waals surface area contributed by atoms with Crippen LogP contribution in [0.25, 0.3) is 0 Å². The van der Waals surface area contributed by atoms with E-state index in [1.165, 1.54) is 41.3 Å². The summed E-state index contributed by atoms with van der Waals surface area (Å²) < 4.78 is 70.9. The molecule has 1 aliphatic rings. The second-order valence-electron chi connectivity index (χ2n) is 6.52. The summed E-state index contributed by atoms with van der Waals surface area (Å²) in [5.41, 5.74) is -1.06. The van der Waals surface area contributed by atoms with Crippen molar-refractivity contribution < 1.29 is 30.9 Å². The van der Waals surface area contributed by atoms with Crippen LogP contribution in [0.5, 0.6) is 0 Å². The van der Waals surface area contributed by atoms with E-state index < -0.39 is 27.8 Å². The molecule has 2 amide bonds. The standard InChI is InChI=1S/C17H19F3N4O4S/c1-11-15(12(2)28-22-11)29(26,27)24-9-7-23(8-10-24)16(25)21-14-6-4-3-5-13(14)17(18,19)20/h3-6H,7-10H2,1-2H3,(H,21,25). The van der Waals surface area contributed by atoms with Gasteiger partial charge in [0.25, 0.3) is 0 Å². The van der Waals surface area contributed by atoms with E-state index in [4.69, 9.17) is 4.52 Å². The molecular formula is C17H19F3N4O4S. The van der Waals surface area contributed by atoms with Gasteiger partial charge < -0.3 is 14.7 Å². The molecule has 0 aliphatic carbocycles. The third-order valence-corrected chi connectivity index (χ3v) is 6.71. The molecule has 8 nitrogen and oxygen atoms in total. The van der Waals surface area contributed by atoms with Crippen LogP contribution in [0.15, 0.2) is 33.7 Å². The summed E-state index contributed by atoms with van der Waals surface area (Å²) in [7, 11) is -3.84. The maximum absolute atomic E-state index is 13.1. The molecule has 1 fully saturated rings. The molecule has 1 saturated heterocycles. The lowest BCUT2D eigenvalue weighted by atomic mass is 10.1. The third kappa shape index (κ3) is 4.22. The minimum atomic E-state index is -4.61. The third-order valence-electron chi connectivity index (χ3n) is 4.57. The molecule has 158 valence electrons. The fraction of sp³-hybridized carbons (Fsp3) is 0.412. The highest BCUT2D eigenvalue weighted by Gasteiger charge is 2.36. The highest BCUT2D eigenvalue weighted by molar-refractivity contribution is 7.89. The highest BCUT2D eigenvalue weighted by Crippen LogP contribution is 2.34. The monoisotopic (exact) mass is 432 g/mol. The van der Waals surface area contributed by atoms with Gasteiger partial charge in [0.2, 0.25) is 10.0 Å². The number of halogens is 3. The first kappa shape index (κ1) is 21.1. The number of nitrogens with zero attached hydrogens (tertiary/aromatic N) is 3. The van der Waals surface area contributed by atoms with Gasteiger partial charge in [-0.2, -0.15) is 17.5 Å². The molecule has 0 atom stereocenters. The van der Waals surface area contributed by atoms with Gasteiger partial charge in [-0.15, -0.1) is 0 Å². The summed E-state index contributed by atoms with van der Waals surface area (Å²) in [5.74, 6) is 0.173. The smallest absolute Gasteiger partial charge is 0.360 e. The zero-order valence-electron chi connectivity index (χ0n) is 15.7. The molecule has 1 N–H and O–H groups in total. The van der Waals surface area contributed by atoms with Crippen LogP contribution < -0.4 is 5.32 Å². The number of amides is 2. The number of nitrogens with one attached hydrogen (secondary N) is 1. The Bertz CT molecular complexity index is 992.